The lowest BCUT2D eigenvalue weighted by molar-refractivity contribution is -0.140. The highest BCUT2D eigenvalue weighted by Gasteiger charge is 2.27. The van der Waals surface area contributed by atoms with E-state index in [1.54, 1.807) is 24.5 Å². The van der Waals surface area contributed by atoms with Gasteiger partial charge >= 0.3 is 5.97 Å². The Kier molecular flexibility index (Phi) is 6.94. The summed E-state index contributed by atoms with van der Waals surface area (Å²) in [6, 6.07) is 3.48. The third-order valence-corrected chi connectivity index (χ3v) is 3.56. The molecule has 1 aromatic rings. The summed E-state index contributed by atoms with van der Waals surface area (Å²) >= 11 is 0. The van der Waals surface area contributed by atoms with Gasteiger partial charge in [-0.25, -0.2) is 0 Å². The van der Waals surface area contributed by atoms with Gasteiger partial charge in [0.15, 0.2) is 5.96 Å². The smallest absolute Gasteiger partial charge is 0.314 e. The van der Waals surface area contributed by atoms with Gasteiger partial charge in [0.2, 0.25) is 0 Å². The number of hydrogen-bond acceptors (Lipinski definition) is 4. The summed E-state index contributed by atoms with van der Waals surface area (Å²) in [5.74, 6) is 0.881. The van der Waals surface area contributed by atoms with Crippen LogP contribution in [-0.4, -0.2) is 23.5 Å². The van der Waals surface area contributed by atoms with E-state index in [-0.39, 0.29) is 30.3 Å². The maximum absolute atomic E-state index is 12.0. The Hall–Kier alpha value is -1.82. The fraction of sp³-hybridized carbons (Fsp3) is 0.500. The van der Waals surface area contributed by atoms with Crippen molar-refractivity contribution in [3.8, 4) is 5.75 Å². The highest BCUT2D eigenvalue weighted by Crippen LogP contribution is 2.30. The number of ether oxygens (including phenoxy) is 1. The van der Waals surface area contributed by atoms with Crippen LogP contribution in [0.5, 0.6) is 5.75 Å². The number of carbonyl (C=O) groups excluding carboxylic acids is 1. The molecule has 1 heterocycles. The molecule has 0 aliphatic heterocycles. The zero-order valence-electron chi connectivity index (χ0n) is 11.8. The van der Waals surface area contributed by atoms with E-state index >= 15 is 0 Å². The first kappa shape index (κ1) is 17.2. The molecule has 0 amide bonds. The molecule has 1 aliphatic carbocycles. The fourth-order valence-corrected chi connectivity index (χ4v) is 2.42. The molecule has 1 saturated carbocycles. The number of carbonyl (C=O) groups is 1. The normalized spacial score (nSPS) is 21.0. The summed E-state index contributed by atoms with van der Waals surface area (Å²) in [4.78, 5) is 20.0. The van der Waals surface area contributed by atoms with Gasteiger partial charge < -0.3 is 16.2 Å². The number of rotatable bonds is 4. The quantitative estimate of drug-likeness (QED) is 0.498. The minimum Gasteiger partial charge on any atom is -0.425 e. The Labute approximate surface area is 130 Å². The molecule has 0 unspecified atom stereocenters. The molecule has 1 aliphatic rings. The molecule has 116 valence electrons. The van der Waals surface area contributed by atoms with E-state index in [9.17, 15) is 4.79 Å². The molecule has 1 fully saturated rings. The molecule has 1 aromatic heterocycles. The van der Waals surface area contributed by atoms with Crippen molar-refractivity contribution in [3.05, 3.63) is 24.5 Å². The predicted octanol–water partition coefficient (Wildman–Crippen LogP) is 1.49. The minimum absolute atomic E-state index is 0. The van der Waals surface area contributed by atoms with Crippen LogP contribution < -0.4 is 16.2 Å². The summed E-state index contributed by atoms with van der Waals surface area (Å²) < 4.78 is 5.32. The molecular formula is C14H21ClN4O2. The number of aromatic nitrogens is 1. The molecule has 0 atom stereocenters. The molecule has 0 aromatic carbocycles. The predicted molar refractivity (Wildman–Crippen MR) is 83.2 cm³/mol. The van der Waals surface area contributed by atoms with Gasteiger partial charge in [-0.05, 0) is 43.7 Å². The van der Waals surface area contributed by atoms with Gasteiger partial charge in [0.05, 0.1) is 12.1 Å². The molecule has 0 bridgehead atoms. The van der Waals surface area contributed by atoms with Crippen LogP contribution in [0.1, 0.15) is 25.7 Å². The lowest BCUT2D eigenvalue weighted by Crippen LogP contribution is -2.28. The number of nitrogens with two attached hydrogens (primary N) is 2. The van der Waals surface area contributed by atoms with Gasteiger partial charge in [-0.15, -0.1) is 12.4 Å². The van der Waals surface area contributed by atoms with Crippen molar-refractivity contribution >= 4 is 24.3 Å². The van der Waals surface area contributed by atoms with Crippen LogP contribution in [0.15, 0.2) is 29.5 Å². The lowest BCUT2D eigenvalue weighted by atomic mass is 9.82. The Morgan fingerprint density at radius 3 is 2.62 bits per heavy atom. The number of aliphatic imine (C=N–C) groups is 1. The first-order valence-electron chi connectivity index (χ1n) is 6.82. The molecule has 0 saturated heterocycles. The second-order valence-corrected chi connectivity index (χ2v) is 5.09. The van der Waals surface area contributed by atoms with Crippen molar-refractivity contribution in [2.24, 2.45) is 28.3 Å². The van der Waals surface area contributed by atoms with E-state index in [1.165, 1.54) is 0 Å². The van der Waals surface area contributed by atoms with Crippen LogP contribution in [0, 0.1) is 11.8 Å². The summed E-state index contributed by atoms with van der Waals surface area (Å²) in [7, 11) is 0. The van der Waals surface area contributed by atoms with Crippen molar-refractivity contribution in [2.45, 2.75) is 25.7 Å². The zero-order valence-corrected chi connectivity index (χ0v) is 12.6. The van der Waals surface area contributed by atoms with Crippen molar-refractivity contribution in [2.75, 3.05) is 6.54 Å². The topological polar surface area (TPSA) is 104 Å². The second kappa shape index (κ2) is 8.46. The Morgan fingerprint density at radius 1 is 1.33 bits per heavy atom. The first-order valence-corrected chi connectivity index (χ1v) is 6.82. The van der Waals surface area contributed by atoms with Crippen molar-refractivity contribution in [3.63, 3.8) is 0 Å². The van der Waals surface area contributed by atoms with Gasteiger partial charge in [0.25, 0.3) is 0 Å². The van der Waals surface area contributed by atoms with Gasteiger partial charge in [-0.2, -0.15) is 0 Å². The van der Waals surface area contributed by atoms with Gasteiger partial charge in [0.1, 0.15) is 5.75 Å². The SMILES string of the molecule is Cl.NC(N)=NCC1CCC(C(=O)Oc2cccnc2)CC1. The van der Waals surface area contributed by atoms with Gasteiger partial charge in [-0.1, -0.05) is 0 Å². The number of esters is 1. The zero-order chi connectivity index (χ0) is 14.4. The average Bonchev–Trinajstić information content (AvgIpc) is 2.46. The maximum atomic E-state index is 12.0. The molecule has 4 N–H and O–H groups in total. The van der Waals surface area contributed by atoms with Crippen LogP contribution in [0.3, 0.4) is 0 Å². The van der Waals surface area contributed by atoms with E-state index < -0.39 is 0 Å². The minimum atomic E-state index is -0.168. The summed E-state index contributed by atoms with van der Waals surface area (Å²) in [5, 5.41) is 0. The average molecular weight is 313 g/mol. The van der Waals surface area contributed by atoms with Crippen LogP contribution in [0.4, 0.5) is 0 Å². The van der Waals surface area contributed by atoms with E-state index in [0.29, 0.717) is 18.2 Å². The largest absolute Gasteiger partial charge is 0.425 e. The third kappa shape index (κ3) is 5.59. The maximum Gasteiger partial charge on any atom is 0.314 e. The van der Waals surface area contributed by atoms with E-state index in [2.05, 4.69) is 9.98 Å². The first-order chi connectivity index (χ1) is 9.65. The van der Waals surface area contributed by atoms with Crippen molar-refractivity contribution in [1.29, 1.82) is 0 Å². The lowest BCUT2D eigenvalue weighted by Gasteiger charge is -2.26. The Morgan fingerprint density at radius 2 is 2.05 bits per heavy atom. The standard InChI is InChI=1S/C14H20N4O2.ClH/c15-14(16)18-8-10-3-5-11(6-4-10)13(19)20-12-2-1-7-17-9-12;/h1-2,7,9-11H,3-6,8H2,(H4,15,16,18);1H. The summed E-state index contributed by atoms with van der Waals surface area (Å²) in [5.41, 5.74) is 10.6. The molecule has 21 heavy (non-hydrogen) atoms. The van der Waals surface area contributed by atoms with E-state index in [0.717, 1.165) is 25.7 Å². The second-order valence-electron chi connectivity index (χ2n) is 5.09. The van der Waals surface area contributed by atoms with Crippen LogP contribution >= 0.6 is 12.4 Å². The van der Waals surface area contributed by atoms with Gasteiger partial charge in [0, 0.05) is 12.7 Å². The number of pyridine rings is 1. The highest BCUT2D eigenvalue weighted by atomic mass is 35.5. The van der Waals surface area contributed by atoms with E-state index in [1.807, 2.05) is 0 Å². The van der Waals surface area contributed by atoms with Crippen molar-refractivity contribution < 1.29 is 9.53 Å². The molecular weight excluding hydrogens is 292 g/mol. The third-order valence-electron chi connectivity index (χ3n) is 3.56. The van der Waals surface area contributed by atoms with Gasteiger partial charge in [-0.3, -0.25) is 14.8 Å². The molecule has 7 heteroatoms. The highest BCUT2D eigenvalue weighted by molar-refractivity contribution is 5.85. The number of guanidine groups is 1. The molecule has 2 rings (SSSR count). The Bertz CT molecular complexity index is 469. The van der Waals surface area contributed by atoms with Crippen LogP contribution in [-0.2, 0) is 4.79 Å². The number of hydrogen-bond donors (Lipinski definition) is 2. The number of halogens is 1. The summed E-state index contributed by atoms with van der Waals surface area (Å²) in [6.45, 7) is 0.646. The van der Waals surface area contributed by atoms with Crippen LogP contribution in [0.25, 0.3) is 0 Å². The van der Waals surface area contributed by atoms with Crippen LogP contribution in [0.2, 0.25) is 0 Å². The summed E-state index contributed by atoms with van der Waals surface area (Å²) in [6.07, 6.45) is 6.73. The molecule has 6 nitrogen and oxygen atoms in total. The van der Waals surface area contributed by atoms with Crippen molar-refractivity contribution in [1.82, 2.24) is 4.98 Å². The van der Waals surface area contributed by atoms with E-state index in [4.69, 9.17) is 16.2 Å². The monoisotopic (exact) mass is 312 g/mol. The molecule has 0 spiro atoms. The number of nitrogens with zero attached hydrogens (tertiary/aromatic N) is 2. The molecule has 0 radical (unpaired) electrons. The Balaban J connectivity index is 0.00000220. The fourth-order valence-electron chi connectivity index (χ4n) is 2.42.